The zero-order valence-electron chi connectivity index (χ0n) is 14.4. The molecule has 0 saturated heterocycles. The van der Waals surface area contributed by atoms with Crippen LogP contribution in [-0.4, -0.2) is 49.0 Å². The molecular formula is C16H25N3O3S2. The fourth-order valence-electron chi connectivity index (χ4n) is 2.60. The summed E-state index contributed by atoms with van der Waals surface area (Å²) in [7, 11) is -0.512. The molecule has 1 heterocycles. The summed E-state index contributed by atoms with van der Waals surface area (Å²) in [5, 5.41) is 3.47. The van der Waals surface area contributed by atoms with Gasteiger partial charge in [0.05, 0.1) is 10.3 Å². The fourth-order valence-corrected chi connectivity index (χ4v) is 4.24. The summed E-state index contributed by atoms with van der Waals surface area (Å²) >= 11 is 1.34. The van der Waals surface area contributed by atoms with E-state index in [4.69, 9.17) is 0 Å². The number of hydrogen-bond acceptors (Lipinski definition) is 5. The van der Waals surface area contributed by atoms with Gasteiger partial charge in [-0.15, -0.1) is 0 Å². The van der Waals surface area contributed by atoms with Crippen molar-refractivity contribution in [3.8, 4) is 0 Å². The molecule has 134 valence electrons. The second kappa shape index (κ2) is 8.31. The molecule has 0 radical (unpaired) electrons. The van der Waals surface area contributed by atoms with Gasteiger partial charge in [-0.25, -0.2) is 17.7 Å². The van der Waals surface area contributed by atoms with Gasteiger partial charge in [0.15, 0.2) is 0 Å². The third kappa shape index (κ3) is 4.94. The number of pyridine rings is 1. The first kappa shape index (κ1) is 19.2. The van der Waals surface area contributed by atoms with Crippen molar-refractivity contribution in [2.24, 2.45) is 0 Å². The Morgan fingerprint density at radius 3 is 2.50 bits per heavy atom. The van der Waals surface area contributed by atoms with E-state index in [2.05, 4.69) is 10.3 Å². The first-order chi connectivity index (χ1) is 11.3. The van der Waals surface area contributed by atoms with Gasteiger partial charge < -0.3 is 5.32 Å². The predicted molar refractivity (Wildman–Crippen MR) is 95.4 cm³/mol. The van der Waals surface area contributed by atoms with Crippen LogP contribution in [0.25, 0.3) is 0 Å². The molecule has 24 heavy (non-hydrogen) atoms. The average Bonchev–Trinajstić information content (AvgIpc) is 2.56. The standard InChI is InChI=1S/C16H25N3O3S2/c1-12(16(20)18-13-7-5-4-6-8-13)23-15-10-9-14(11-17-15)24(21,22)19(2)3/h9-13H,4-8H2,1-3H3,(H,18,20)/t12-/m0/s1. The van der Waals surface area contributed by atoms with E-state index in [1.807, 2.05) is 6.92 Å². The largest absolute Gasteiger partial charge is 0.352 e. The quantitative estimate of drug-likeness (QED) is 0.776. The summed E-state index contributed by atoms with van der Waals surface area (Å²) in [6.45, 7) is 1.84. The van der Waals surface area contributed by atoms with Gasteiger partial charge in [0.25, 0.3) is 0 Å². The number of carbonyl (C=O) groups is 1. The molecule has 8 heteroatoms. The van der Waals surface area contributed by atoms with Crippen molar-refractivity contribution in [3.05, 3.63) is 18.3 Å². The van der Waals surface area contributed by atoms with Crippen molar-refractivity contribution < 1.29 is 13.2 Å². The van der Waals surface area contributed by atoms with Crippen LogP contribution in [-0.2, 0) is 14.8 Å². The minimum atomic E-state index is -3.48. The van der Waals surface area contributed by atoms with Crippen LogP contribution in [0.3, 0.4) is 0 Å². The molecule has 0 unspecified atom stereocenters. The number of thioether (sulfide) groups is 1. The summed E-state index contributed by atoms with van der Waals surface area (Å²) < 4.78 is 25.2. The molecule has 1 aliphatic rings. The Labute approximate surface area is 148 Å². The lowest BCUT2D eigenvalue weighted by atomic mass is 9.95. The Morgan fingerprint density at radius 1 is 1.29 bits per heavy atom. The number of nitrogens with one attached hydrogen (secondary N) is 1. The number of carbonyl (C=O) groups excluding carboxylic acids is 1. The second-order valence-electron chi connectivity index (χ2n) is 6.22. The van der Waals surface area contributed by atoms with E-state index >= 15 is 0 Å². The van der Waals surface area contributed by atoms with E-state index < -0.39 is 10.0 Å². The van der Waals surface area contributed by atoms with Gasteiger partial charge in [0, 0.05) is 26.3 Å². The molecule has 1 fully saturated rings. The molecule has 1 N–H and O–H groups in total. The highest BCUT2D eigenvalue weighted by molar-refractivity contribution is 8.00. The predicted octanol–water partition coefficient (Wildman–Crippen LogP) is 2.26. The highest BCUT2D eigenvalue weighted by Gasteiger charge is 2.21. The fraction of sp³-hybridized carbons (Fsp3) is 0.625. The van der Waals surface area contributed by atoms with Crippen LogP contribution >= 0.6 is 11.8 Å². The van der Waals surface area contributed by atoms with Crippen LogP contribution in [0, 0.1) is 0 Å². The van der Waals surface area contributed by atoms with Crippen LogP contribution < -0.4 is 5.32 Å². The lowest BCUT2D eigenvalue weighted by Crippen LogP contribution is -2.40. The molecule has 0 aromatic carbocycles. The second-order valence-corrected chi connectivity index (χ2v) is 9.74. The maximum atomic E-state index is 12.3. The first-order valence-electron chi connectivity index (χ1n) is 8.16. The van der Waals surface area contributed by atoms with Gasteiger partial charge in [-0.2, -0.15) is 0 Å². The van der Waals surface area contributed by atoms with Crippen molar-refractivity contribution in [1.29, 1.82) is 0 Å². The van der Waals surface area contributed by atoms with Gasteiger partial charge >= 0.3 is 0 Å². The van der Waals surface area contributed by atoms with Crippen LogP contribution in [0.5, 0.6) is 0 Å². The van der Waals surface area contributed by atoms with Crippen molar-refractivity contribution in [2.45, 2.75) is 60.2 Å². The SMILES string of the molecule is C[C@H](Sc1ccc(S(=O)(=O)N(C)C)cn1)C(=O)NC1CCCCC1. The summed E-state index contributed by atoms with van der Waals surface area (Å²) in [6, 6.07) is 3.46. The summed E-state index contributed by atoms with van der Waals surface area (Å²) in [4.78, 5) is 16.6. The number of nitrogens with zero attached hydrogens (tertiary/aromatic N) is 2. The molecule has 6 nitrogen and oxygen atoms in total. The topological polar surface area (TPSA) is 79.4 Å². The Balaban J connectivity index is 1.94. The van der Waals surface area contributed by atoms with Crippen LogP contribution in [0.2, 0.25) is 0 Å². The van der Waals surface area contributed by atoms with E-state index in [1.54, 1.807) is 6.07 Å². The Hall–Kier alpha value is -1.12. The number of sulfonamides is 1. The van der Waals surface area contributed by atoms with Crippen molar-refractivity contribution in [2.75, 3.05) is 14.1 Å². The molecule has 1 amide bonds. The normalized spacial score (nSPS) is 17.7. The molecule has 0 aliphatic heterocycles. The van der Waals surface area contributed by atoms with Gasteiger partial charge in [0.1, 0.15) is 4.90 Å². The molecule has 1 aromatic heterocycles. The monoisotopic (exact) mass is 371 g/mol. The molecule has 2 rings (SSSR count). The van der Waals surface area contributed by atoms with E-state index in [0.29, 0.717) is 5.03 Å². The van der Waals surface area contributed by atoms with Gasteiger partial charge in [-0.05, 0) is 31.9 Å². The zero-order chi connectivity index (χ0) is 17.7. The zero-order valence-corrected chi connectivity index (χ0v) is 16.0. The lowest BCUT2D eigenvalue weighted by Gasteiger charge is -2.24. The first-order valence-corrected chi connectivity index (χ1v) is 10.5. The molecule has 0 bridgehead atoms. The smallest absolute Gasteiger partial charge is 0.244 e. The van der Waals surface area contributed by atoms with E-state index in [0.717, 1.165) is 17.1 Å². The molecule has 0 spiro atoms. The molecular weight excluding hydrogens is 346 g/mol. The van der Waals surface area contributed by atoms with Gasteiger partial charge in [0.2, 0.25) is 15.9 Å². The summed E-state index contributed by atoms with van der Waals surface area (Å²) in [5.41, 5.74) is 0. The van der Waals surface area contributed by atoms with Crippen LogP contribution in [0.15, 0.2) is 28.3 Å². The lowest BCUT2D eigenvalue weighted by molar-refractivity contribution is -0.121. The van der Waals surface area contributed by atoms with Gasteiger partial charge in [-0.1, -0.05) is 31.0 Å². The van der Waals surface area contributed by atoms with Gasteiger partial charge in [-0.3, -0.25) is 4.79 Å². The van der Waals surface area contributed by atoms with Crippen molar-refractivity contribution in [3.63, 3.8) is 0 Å². The Kier molecular flexibility index (Phi) is 6.65. The number of amides is 1. The highest BCUT2D eigenvalue weighted by Crippen LogP contribution is 2.24. The third-order valence-corrected chi connectivity index (χ3v) is 6.96. The van der Waals surface area contributed by atoms with Crippen LogP contribution in [0.1, 0.15) is 39.0 Å². The summed E-state index contributed by atoms with van der Waals surface area (Å²) in [6.07, 6.45) is 7.05. The Bertz CT molecular complexity index is 654. The number of hydrogen-bond donors (Lipinski definition) is 1. The summed E-state index contributed by atoms with van der Waals surface area (Å²) in [5.74, 6) is 0.0127. The maximum absolute atomic E-state index is 12.3. The molecule has 1 atom stereocenters. The van der Waals surface area contributed by atoms with E-state index in [-0.39, 0.29) is 22.1 Å². The average molecular weight is 372 g/mol. The van der Waals surface area contributed by atoms with Crippen LogP contribution in [0.4, 0.5) is 0 Å². The third-order valence-electron chi connectivity index (χ3n) is 4.11. The minimum absolute atomic E-state index is 0.0127. The van der Waals surface area contributed by atoms with Crippen molar-refractivity contribution >= 4 is 27.7 Å². The number of rotatable bonds is 6. The molecule has 1 aliphatic carbocycles. The van der Waals surface area contributed by atoms with Crippen molar-refractivity contribution in [1.82, 2.24) is 14.6 Å². The maximum Gasteiger partial charge on any atom is 0.244 e. The highest BCUT2D eigenvalue weighted by atomic mass is 32.2. The number of aromatic nitrogens is 1. The minimum Gasteiger partial charge on any atom is -0.352 e. The van der Waals surface area contributed by atoms with E-state index in [9.17, 15) is 13.2 Å². The Morgan fingerprint density at radius 2 is 1.96 bits per heavy atom. The molecule has 1 aromatic rings. The van der Waals surface area contributed by atoms with E-state index in [1.165, 1.54) is 57.4 Å². The molecule has 1 saturated carbocycles.